The fraction of sp³-hybridized carbons (Fsp3) is 0.222. The number of hydrogen-bond acceptors (Lipinski definition) is 7. The first-order valence-corrected chi connectivity index (χ1v) is 9.04. The summed E-state index contributed by atoms with van der Waals surface area (Å²) in [6, 6.07) is 7.97. The minimum atomic E-state index is -0.764. The predicted molar refractivity (Wildman–Crippen MR) is 100 cm³/mol. The number of benzene rings is 1. The second-order valence-corrected chi connectivity index (χ2v) is 6.64. The molecule has 10 heteroatoms. The van der Waals surface area contributed by atoms with Gasteiger partial charge < -0.3 is 19.5 Å². The molecule has 1 aliphatic rings. The Hall–Kier alpha value is -3.14. The van der Waals surface area contributed by atoms with Crippen molar-refractivity contribution in [1.29, 1.82) is 0 Å². The van der Waals surface area contributed by atoms with Crippen LogP contribution in [0.3, 0.4) is 0 Å². The van der Waals surface area contributed by atoms with Crippen LogP contribution in [0.5, 0.6) is 11.5 Å². The fourth-order valence-corrected chi connectivity index (χ4v) is 2.68. The van der Waals surface area contributed by atoms with Gasteiger partial charge in [-0.15, -0.1) is 0 Å². The normalized spacial score (nSPS) is 14.7. The second-order valence-electron chi connectivity index (χ2n) is 5.72. The van der Waals surface area contributed by atoms with Crippen LogP contribution in [-0.2, 0) is 9.53 Å². The number of esters is 1. The number of imide groups is 1. The van der Waals surface area contributed by atoms with Crippen molar-refractivity contribution in [2.75, 3.05) is 19.8 Å². The Morgan fingerprint density at radius 3 is 2.79 bits per heavy atom. The average Bonchev–Trinajstić information content (AvgIpc) is 2.70. The maximum atomic E-state index is 11.8. The van der Waals surface area contributed by atoms with Crippen molar-refractivity contribution in [3.05, 3.63) is 52.8 Å². The summed E-state index contributed by atoms with van der Waals surface area (Å²) in [5, 5.41) is 4.58. The predicted octanol–water partition coefficient (Wildman–Crippen LogP) is 1.67. The van der Waals surface area contributed by atoms with Crippen molar-refractivity contribution < 1.29 is 28.6 Å². The van der Waals surface area contributed by atoms with E-state index < -0.39 is 30.6 Å². The SMILES string of the molecule is O=C(COC(=O)c1cncc(Br)c1)NC(=O)NCC1COc2ccccc2O1. The summed E-state index contributed by atoms with van der Waals surface area (Å²) in [7, 11) is 0. The Bertz CT molecular complexity index is 891. The lowest BCUT2D eigenvalue weighted by atomic mass is 10.2. The van der Waals surface area contributed by atoms with Gasteiger partial charge in [-0.1, -0.05) is 12.1 Å². The van der Waals surface area contributed by atoms with Crippen molar-refractivity contribution in [2.24, 2.45) is 0 Å². The third-order valence-corrected chi connectivity index (χ3v) is 4.02. The number of para-hydroxylation sites is 2. The molecule has 1 unspecified atom stereocenters. The van der Waals surface area contributed by atoms with Gasteiger partial charge in [0.05, 0.1) is 12.1 Å². The van der Waals surface area contributed by atoms with Crippen LogP contribution >= 0.6 is 15.9 Å². The Morgan fingerprint density at radius 2 is 2.00 bits per heavy atom. The van der Waals surface area contributed by atoms with Gasteiger partial charge in [0.2, 0.25) is 0 Å². The maximum Gasteiger partial charge on any atom is 0.340 e. The van der Waals surface area contributed by atoms with E-state index in [9.17, 15) is 14.4 Å². The van der Waals surface area contributed by atoms with Crippen molar-refractivity contribution in [1.82, 2.24) is 15.6 Å². The minimum Gasteiger partial charge on any atom is -0.486 e. The number of carbonyl (C=O) groups excluding carboxylic acids is 3. The third-order valence-electron chi connectivity index (χ3n) is 3.59. The molecule has 0 fully saturated rings. The van der Waals surface area contributed by atoms with E-state index in [1.54, 1.807) is 12.1 Å². The number of nitrogens with one attached hydrogen (secondary N) is 2. The molecule has 146 valence electrons. The zero-order chi connectivity index (χ0) is 19.9. The van der Waals surface area contributed by atoms with Gasteiger partial charge in [0.25, 0.3) is 5.91 Å². The van der Waals surface area contributed by atoms with E-state index in [4.69, 9.17) is 14.2 Å². The van der Waals surface area contributed by atoms with Gasteiger partial charge in [-0.05, 0) is 34.1 Å². The number of halogens is 1. The van der Waals surface area contributed by atoms with E-state index in [1.807, 2.05) is 12.1 Å². The Balaban J connectivity index is 1.38. The molecule has 0 bridgehead atoms. The lowest BCUT2D eigenvalue weighted by Gasteiger charge is -2.26. The number of aromatic nitrogens is 1. The fourth-order valence-electron chi connectivity index (χ4n) is 2.32. The zero-order valence-corrected chi connectivity index (χ0v) is 16.1. The van der Waals surface area contributed by atoms with E-state index in [-0.39, 0.29) is 18.7 Å². The number of rotatable bonds is 5. The van der Waals surface area contributed by atoms with Crippen molar-refractivity contribution in [3.63, 3.8) is 0 Å². The van der Waals surface area contributed by atoms with Crippen LogP contribution in [0.2, 0.25) is 0 Å². The van der Waals surface area contributed by atoms with E-state index in [2.05, 4.69) is 31.5 Å². The van der Waals surface area contributed by atoms with Crippen LogP contribution in [0, 0.1) is 0 Å². The minimum absolute atomic E-state index is 0.136. The van der Waals surface area contributed by atoms with Crippen molar-refractivity contribution >= 4 is 33.8 Å². The largest absolute Gasteiger partial charge is 0.486 e. The molecule has 3 amide bonds. The van der Waals surface area contributed by atoms with Crippen LogP contribution in [0.1, 0.15) is 10.4 Å². The van der Waals surface area contributed by atoms with E-state index >= 15 is 0 Å². The molecule has 1 aliphatic heterocycles. The van der Waals surface area contributed by atoms with Crippen LogP contribution < -0.4 is 20.1 Å². The lowest BCUT2D eigenvalue weighted by Crippen LogP contribution is -2.46. The van der Waals surface area contributed by atoms with Gasteiger partial charge in [-0.3, -0.25) is 15.1 Å². The topological polar surface area (TPSA) is 116 Å². The first-order chi connectivity index (χ1) is 13.5. The highest BCUT2D eigenvalue weighted by Gasteiger charge is 2.21. The molecular weight excluding hydrogens is 434 g/mol. The van der Waals surface area contributed by atoms with Gasteiger partial charge in [0, 0.05) is 16.9 Å². The van der Waals surface area contributed by atoms with E-state index in [1.165, 1.54) is 18.5 Å². The molecule has 2 heterocycles. The van der Waals surface area contributed by atoms with E-state index in [0.717, 1.165) is 0 Å². The zero-order valence-electron chi connectivity index (χ0n) is 14.5. The van der Waals surface area contributed by atoms with Crippen LogP contribution in [0.4, 0.5) is 4.79 Å². The molecule has 0 spiro atoms. The molecule has 1 atom stereocenters. The van der Waals surface area contributed by atoms with Crippen LogP contribution in [0.25, 0.3) is 0 Å². The summed E-state index contributed by atoms with van der Waals surface area (Å²) in [5.74, 6) is -0.262. The summed E-state index contributed by atoms with van der Waals surface area (Å²) in [4.78, 5) is 39.2. The number of fused-ring (bicyclic) bond motifs is 1. The summed E-state index contributed by atoms with van der Waals surface area (Å²) in [5.41, 5.74) is 0.182. The maximum absolute atomic E-state index is 11.8. The summed E-state index contributed by atoms with van der Waals surface area (Å²) < 4.78 is 16.7. The van der Waals surface area contributed by atoms with Crippen molar-refractivity contribution in [2.45, 2.75) is 6.10 Å². The number of pyridine rings is 1. The molecule has 0 saturated heterocycles. The molecule has 1 aromatic heterocycles. The quantitative estimate of drug-likeness (QED) is 0.666. The molecular formula is C18H16BrN3O6. The van der Waals surface area contributed by atoms with Gasteiger partial charge in [0.15, 0.2) is 24.2 Å². The van der Waals surface area contributed by atoms with E-state index in [0.29, 0.717) is 16.0 Å². The second kappa shape index (κ2) is 9.18. The van der Waals surface area contributed by atoms with Gasteiger partial charge in [-0.2, -0.15) is 0 Å². The highest BCUT2D eigenvalue weighted by molar-refractivity contribution is 9.10. The average molecular weight is 450 g/mol. The molecule has 2 aromatic rings. The Morgan fingerprint density at radius 1 is 1.21 bits per heavy atom. The highest BCUT2D eigenvalue weighted by atomic mass is 79.9. The summed E-state index contributed by atoms with van der Waals surface area (Å²) in [6.45, 7) is -0.199. The van der Waals surface area contributed by atoms with Gasteiger partial charge in [0.1, 0.15) is 6.61 Å². The Kier molecular flexibility index (Phi) is 6.43. The molecule has 0 aliphatic carbocycles. The van der Waals surface area contributed by atoms with Crippen molar-refractivity contribution in [3.8, 4) is 11.5 Å². The summed E-state index contributed by atoms with van der Waals surface area (Å²) in [6.07, 6.45) is 2.42. The lowest BCUT2D eigenvalue weighted by molar-refractivity contribution is -0.123. The van der Waals surface area contributed by atoms with Crippen LogP contribution in [-0.4, -0.2) is 48.8 Å². The number of hydrogen-bond donors (Lipinski definition) is 2. The van der Waals surface area contributed by atoms with Gasteiger partial charge in [-0.25, -0.2) is 9.59 Å². The molecule has 0 radical (unpaired) electrons. The molecule has 0 saturated carbocycles. The monoisotopic (exact) mass is 449 g/mol. The third kappa shape index (κ3) is 5.43. The number of carbonyl (C=O) groups is 3. The van der Waals surface area contributed by atoms with Crippen LogP contribution in [0.15, 0.2) is 47.2 Å². The first-order valence-electron chi connectivity index (χ1n) is 8.25. The molecule has 9 nitrogen and oxygen atoms in total. The number of urea groups is 1. The Labute approximate surface area is 168 Å². The number of amides is 3. The molecule has 3 rings (SSSR count). The highest BCUT2D eigenvalue weighted by Crippen LogP contribution is 2.30. The standard InChI is InChI=1S/C18H16BrN3O6/c19-12-5-11(6-20-7-12)17(24)27-10-16(23)22-18(25)21-8-13-9-26-14-3-1-2-4-15(14)28-13/h1-7,13H,8-10H2,(H2,21,22,23,25). The first kappa shape index (κ1) is 19.6. The summed E-state index contributed by atoms with van der Waals surface area (Å²) >= 11 is 3.18. The molecule has 28 heavy (non-hydrogen) atoms. The number of nitrogens with zero attached hydrogens (tertiary/aromatic N) is 1. The van der Waals surface area contributed by atoms with Gasteiger partial charge >= 0.3 is 12.0 Å². The molecule has 2 N–H and O–H groups in total. The number of ether oxygens (including phenoxy) is 3. The smallest absolute Gasteiger partial charge is 0.340 e. The molecule has 1 aromatic carbocycles.